The first kappa shape index (κ1) is 12.2. The van der Waals surface area contributed by atoms with Gasteiger partial charge < -0.3 is 4.74 Å². The van der Waals surface area contributed by atoms with Crippen molar-refractivity contribution in [2.75, 3.05) is 7.11 Å². The van der Waals surface area contributed by atoms with Gasteiger partial charge in [-0.2, -0.15) is 0 Å². The molecule has 2 aromatic rings. The molecule has 0 bridgehead atoms. The third-order valence-corrected chi connectivity index (χ3v) is 2.59. The zero-order valence-corrected chi connectivity index (χ0v) is 10.1. The predicted octanol–water partition coefficient (Wildman–Crippen LogP) is 0.631. The minimum atomic E-state index is -0.358. The van der Waals surface area contributed by atoms with Crippen LogP contribution in [-0.4, -0.2) is 33.3 Å². The number of carbonyl (C=O) groups is 1. The fraction of sp³-hybridized carbons (Fsp3) is 0.333. The third kappa shape index (κ3) is 3.13. The maximum Gasteiger partial charge on any atom is 0.327 e. The molecule has 1 aromatic heterocycles. The van der Waals surface area contributed by atoms with Gasteiger partial charge in [0.1, 0.15) is 6.54 Å². The maximum absolute atomic E-state index is 11.2. The number of hydrogen-bond acceptors (Lipinski definition) is 5. The molecule has 6 nitrogen and oxygen atoms in total. The van der Waals surface area contributed by atoms with Gasteiger partial charge in [0.25, 0.3) is 0 Å². The van der Waals surface area contributed by atoms with E-state index in [-0.39, 0.29) is 12.5 Å². The normalized spacial score (nSPS) is 10.3. The first-order valence-electron chi connectivity index (χ1n) is 5.65. The fourth-order valence-corrected chi connectivity index (χ4v) is 1.61. The summed E-state index contributed by atoms with van der Waals surface area (Å²) in [5.74, 6) is 0.326. The number of nitrogens with zero attached hydrogens (tertiary/aromatic N) is 4. The summed E-state index contributed by atoms with van der Waals surface area (Å²) < 4.78 is 6.05. The number of aryl methyl sites for hydroxylation is 2. The second-order valence-corrected chi connectivity index (χ2v) is 3.81. The van der Waals surface area contributed by atoms with E-state index in [1.807, 2.05) is 18.2 Å². The Hall–Kier alpha value is -2.24. The van der Waals surface area contributed by atoms with Crippen LogP contribution in [0.5, 0.6) is 0 Å². The standard InChI is InChI=1S/C12H14N4O2/c1-18-12(17)9-16-11(13-14-15-16)8-7-10-5-3-2-4-6-10/h2-6H,7-9H2,1H3. The van der Waals surface area contributed by atoms with Gasteiger partial charge >= 0.3 is 5.97 Å². The fourth-order valence-electron chi connectivity index (χ4n) is 1.61. The molecule has 1 aromatic carbocycles. The van der Waals surface area contributed by atoms with Crippen molar-refractivity contribution in [1.29, 1.82) is 0 Å². The van der Waals surface area contributed by atoms with E-state index >= 15 is 0 Å². The number of esters is 1. The van der Waals surface area contributed by atoms with Gasteiger partial charge in [-0.15, -0.1) is 5.10 Å². The number of carbonyl (C=O) groups excluding carboxylic acids is 1. The van der Waals surface area contributed by atoms with Crippen molar-refractivity contribution in [3.05, 3.63) is 41.7 Å². The summed E-state index contributed by atoms with van der Waals surface area (Å²) in [6, 6.07) is 10.1. The van der Waals surface area contributed by atoms with Crippen molar-refractivity contribution in [2.24, 2.45) is 0 Å². The van der Waals surface area contributed by atoms with Gasteiger partial charge in [0.2, 0.25) is 0 Å². The summed E-state index contributed by atoms with van der Waals surface area (Å²) in [7, 11) is 1.34. The lowest BCUT2D eigenvalue weighted by atomic mass is 10.1. The summed E-state index contributed by atoms with van der Waals surface area (Å²) in [4.78, 5) is 11.2. The van der Waals surface area contributed by atoms with Crippen molar-refractivity contribution in [3.8, 4) is 0 Å². The van der Waals surface area contributed by atoms with E-state index < -0.39 is 0 Å². The first-order valence-corrected chi connectivity index (χ1v) is 5.65. The molecule has 0 radical (unpaired) electrons. The molecule has 94 valence electrons. The van der Waals surface area contributed by atoms with E-state index in [9.17, 15) is 4.79 Å². The van der Waals surface area contributed by atoms with Crippen molar-refractivity contribution in [2.45, 2.75) is 19.4 Å². The van der Waals surface area contributed by atoms with E-state index in [1.165, 1.54) is 17.4 Å². The molecular formula is C12H14N4O2. The van der Waals surface area contributed by atoms with Crippen LogP contribution in [0.3, 0.4) is 0 Å². The van der Waals surface area contributed by atoms with Crippen LogP contribution in [0.4, 0.5) is 0 Å². The van der Waals surface area contributed by atoms with E-state index in [2.05, 4.69) is 32.4 Å². The number of tetrazole rings is 1. The minimum absolute atomic E-state index is 0.0492. The first-order chi connectivity index (χ1) is 8.79. The Bertz CT molecular complexity index is 510. The SMILES string of the molecule is COC(=O)Cn1nnnc1CCc1ccccc1. The smallest absolute Gasteiger partial charge is 0.327 e. The Morgan fingerprint density at radius 2 is 2.06 bits per heavy atom. The molecule has 0 unspecified atom stereocenters. The molecule has 0 N–H and O–H groups in total. The number of ether oxygens (including phenoxy) is 1. The van der Waals surface area contributed by atoms with Crippen LogP contribution in [0.1, 0.15) is 11.4 Å². The van der Waals surface area contributed by atoms with E-state index in [0.717, 1.165) is 6.42 Å². The highest BCUT2D eigenvalue weighted by Gasteiger charge is 2.10. The van der Waals surface area contributed by atoms with Crippen LogP contribution in [0.15, 0.2) is 30.3 Å². The molecule has 6 heteroatoms. The van der Waals surface area contributed by atoms with Gasteiger partial charge in [0.15, 0.2) is 5.82 Å². The summed E-state index contributed by atoms with van der Waals surface area (Å²) >= 11 is 0. The average Bonchev–Trinajstić information content (AvgIpc) is 2.84. The Balaban J connectivity index is 1.98. The lowest BCUT2D eigenvalue weighted by Gasteiger charge is -2.03. The van der Waals surface area contributed by atoms with Crippen LogP contribution >= 0.6 is 0 Å². The van der Waals surface area contributed by atoms with Crippen LogP contribution in [0.2, 0.25) is 0 Å². The zero-order valence-electron chi connectivity index (χ0n) is 10.1. The van der Waals surface area contributed by atoms with E-state index in [1.54, 1.807) is 0 Å². The minimum Gasteiger partial charge on any atom is -0.468 e. The Kier molecular flexibility index (Phi) is 4.01. The molecule has 0 spiro atoms. The van der Waals surface area contributed by atoms with Crippen LogP contribution in [-0.2, 0) is 28.9 Å². The topological polar surface area (TPSA) is 69.9 Å². The molecule has 0 aliphatic heterocycles. The predicted molar refractivity (Wildman–Crippen MR) is 63.7 cm³/mol. The molecule has 0 saturated carbocycles. The largest absolute Gasteiger partial charge is 0.468 e. The molecular weight excluding hydrogens is 232 g/mol. The average molecular weight is 246 g/mol. The Labute approximate surface area is 105 Å². The van der Waals surface area contributed by atoms with Gasteiger partial charge in [0.05, 0.1) is 7.11 Å². The quantitative estimate of drug-likeness (QED) is 0.724. The summed E-state index contributed by atoms with van der Waals surface area (Å²) in [5, 5.41) is 11.3. The van der Waals surface area contributed by atoms with Gasteiger partial charge in [-0.05, 0) is 22.4 Å². The van der Waals surface area contributed by atoms with E-state index in [0.29, 0.717) is 12.2 Å². The molecule has 18 heavy (non-hydrogen) atoms. The zero-order chi connectivity index (χ0) is 12.8. The van der Waals surface area contributed by atoms with Gasteiger partial charge in [-0.1, -0.05) is 30.3 Å². The molecule has 0 atom stereocenters. The van der Waals surface area contributed by atoms with Crippen molar-refractivity contribution >= 4 is 5.97 Å². The highest BCUT2D eigenvalue weighted by atomic mass is 16.5. The van der Waals surface area contributed by atoms with Gasteiger partial charge in [-0.25, -0.2) is 4.68 Å². The van der Waals surface area contributed by atoms with Crippen molar-refractivity contribution < 1.29 is 9.53 Å². The monoisotopic (exact) mass is 246 g/mol. The van der Waals surface area contributed by atoms with Crippen LogP contribution < -0.4 is 0 Å². The van der Waals surface area contributed by atoms with Gasteiger partial charge in [0, 0.05) is 6.42 Å². The van der Waals surface area contributed by atoms with Crippen LogP contribution in [0.25, 0.3) is 0 Å². The summed E-state index contributed by atoms with van der Waals surface area (Å²) in [5.41, 5.74) is 1.21. The molecule has 2 rings (SSSR count). The number of rotatable bonds is 5. The second kappa shape index (κ2) is 5.90. The number of benzene rings is 1. The number of hydrogen-bond donors (Lipinski definition) is 0. The Morgan fingerprint density at radius 1 is 1.28 bits per heavy atom. The molecule has 0 amide bonds. The molecule has 0 aliphatic carbocycles. The number of methoxy groups -OCH3 is 1. The Morgan fingerprint density at radius 3 is 2.78 bits per heavy atom. The van der Waals surface area contributed by atoms with Crippen LogP contribution in [0, 0.1) is 0 Å². The lowest BCUT2D eigenvalue weighted by Crippen LogP contribution is -2.15. The van der Waals surface area contributed by atoms with Crippen molar-refractivity contribution in [1.82, 2.24) is 20.2 Å². The van der Waals surface area contributed by atoms with Gasteiger partial charge in [-0.3, -0.25) is 4.79 Å². The van der Waals surface area contributed by atoms with Crippen molar-refractivity contribution in [3.63, 3.8) is 0 Å². The molecule has 0 fully saturated rings. The molecule has 0 aliphatic rings. The second-order valence-electron chi connectivity index (χ2n) is 3.81. The summed E-state index contributed by atoms with van der Waals surface area (Å²) in [6.45, 7) is 0.0492. The van der Waals surface area contributed by atoms with E-state index in [4.69, 9.17) is 0 Å². The summed E-state index contributed by atoms with van der Waals surface area (Å²) in [6.07, 6.45) is 1.52. The highest BCUT2D eigenvalue weighted by molar-refractivity contribution is 5.68. The number of aromatic nitrogens is 4. The highest BCUT2D eigenvalue weighted by Crippen LogP contribution is 2.04. The maximum atomic E-state index is 11.2. The molecule has 1 heterocycles. The molecule has 0 saturated heterocycles. The lowest BCUT2D eigenvalue weighted by molar-refractivity contribution is -0.141. The third-order valence-electron chi connectivity index (χ3n) is 2.59.